The van der Waals surface area contributed by atoms with Gasteiger partial charge in [-0.2, -0.15) is 0 Å². The lowest BCUT2D eigenvalue weighted by molar-refractivity contribution is 0.151. The molecule has 4 nitrogen and oxygen atoms in total. The fraction of sp³-hybridized carbons (Fsp3) is 0.308. The number of nitrogens with one attached hydrogen (secondary N) is 1. The normalized spacial score (nSPS) is 17.0. The van der Waals surface area contributed by atoms with Crippen molar-refractivity contribution >= 4 is 0 Å². The summed E-state index contributed by atoms with van der Waals surface area (Å²) in [5.74, 6) is 0. The number of aromatic nitrogens is 2. The quantitative estimate of drug-likeness (QED) is 0.833. The first-order valence-electron chi connectivity index (χ1n) is 5.75. The molecule has 1 aromatic carbocycles. The van der Waals surface area contributed by atoms with Crippen molar-refractivity contribution in [3.8, 4) is 5.69 Å². The number of aliphatic hydroxyl groups is 1. The van der Waals surface area contributed by atoms with Crippen molar-refractivity contribution in [1.29, 1.82) is 0 Å². The molecule has 0 amide bonds. The van der Waals surface area contributed by atoms with Gasteiger partial charge in [-0.3, -0.25) is 4.57 Å². The number of aromatic amines is 1. The van der Waals surface area contributed by atoms with E-state index in [1.165, 1.54) is 0 Å². The van der Waals surface area contributed by atoms with E-state index in [9.17, 15) is 9.90 Å². The molecule has 0 bridgehead atoms. The van der Waals surface area contributed by atoms with Crippen molar-refractivity contribution in [2.45, 2.75) is 24.9 Å². The van der Waals surface area contributed by atoms with Gasteiger partial charge in [0.15, 0.2) is 0 Å². The van der Waals surface area contributed by atoms with Crippen LogP contribution in [0, 0.1) is 0 Å². The van der Waals surface area contributed by atoms with Gasteiger partial charge in [0, 0.05) is 18.8 Å². The van der Waals surface area contributed by atoms with Crippen LogP contribution in [-0.4, -0.2) is 20.3 Å². The SMILES string of the molecule is O=c1[nH]ccn1-c1ccccc1CC1(O)CC1. The Labute approximate surface area is 98.5 Å². The molecule has 0 atom stereocenters. The second-order valence-corrected chi connectivity index (χ2v) is 4.67. The predicted molar refractivity (Wildman–Crippen MR) is 64.3 cm³/mol. The Balaban J connectivity index is 2.04. The Morgan fingerprint density at radius 2 is 2.12 bits per heavy atom. The highest BCUT2D eigenvalue weighted by atomic mass is 16.3. The van der Waals surface area contributed by atoms with E-state index >= 15 is 0 Å². The van der Waals surface area contributed by atoms with Gasteiger partial charge in [0.05, 0.1) is 11.3 Å². The molecule has 0 aliphatic heterocycles. The van der Waals surface area contributed by atoms with Gasteiger partial charge in [-0.05, 0) is 24.5 Å². The van der Waals surface area contributed by atoms with E-state index in [0.717, 1.165) is 24.1 Å². The third-order valence-electron chi connectivity index (χ3n) is 3.25. The molecular formula is C13H14N2O2. The summed E-state index contributed by atoms with van der Waals surface area (Å²) >= 11 is 0. The third kappa shape index (κ3) is 1.91. The molecule has 3 rings (SSSR count). The number of H-pyrrole nitrogens is 1. The topological polar surface area (TPSA) is 58.0 Å². The average molecular weight is 230 g/mol. The molecule has 4 heteroatoms. The summed E-state index contributed by atoms with van der Waals surface area (Å²) in [6.07, 6.45) is 5.64. The molecule has 88 valence electrons. The predicted octanol–water partition coefficient (Wildman–Crippen LogP) is 1.23. The summed E-state index contributed by atoms with van der Waals surface area (Å²) in [6, 6.07) is 7.69. The number of hydrogen-bond donors (Lipinski definition) is 2. The average Bonchev–Trinajstić information content (AvgIpc) is 2.88. The van der Waals surface area contributed by atoms with Crippen LogP contribution in [0.2, 0.25) is 0 Å². The van der Waals surface area contributed by atoms with E-state index in [1.807, 2.05) is 24.3 Å². The Kier molecular flexibility index (Phi) is 2.19. The molecule has 1 fully saturated rings. The third-order valence-corrected chi connectivity index (χ3v) is 3.25. The molecule has 1 heterocycles. The zero-order chi connectivity index (χ0) is 11.9. The fourth-order valence-electron chi connectivity index (χ4n) is 2.08. The second kappa shape index (κ2) is 3.60. The highest BCUT2D eigenvalue weighted by Gasteiger charge is 2.40. The highest BCUT2D eigenvalue weighted by Crippen LogP contribution is 2.39. The molecule has 1 aromatic heterocycles. The molecule has 17 heavy (non-hydrogen) atoms. The van der Waals surface area contributed by atoms with E-state index < -0.39 is 5.60 Å². The van der Waals surface area contributed by atoms with Gasteiger partial charge >= 0.3 is 5.69 Å². The van der Waals surface area contributed by atoms with E-state index in [4.69, 9.17) is 0 Å². The monoisotopic (exact) mass is 230 g/mol. The molecule has 0 radical (unpaired) electrons. The summed E-state index contributed by atoms with van der Waals surface area (Å²) in [6.45, 7) is 0. The van der Waals surface area contributed by atoms with Crippen LogP contribution >= 0.6 is 0 Å². The standard InChI is InChI=1S/C13H14N2O2/c16-12-14-7-8-15(12)11-4-2-1-3-10(11)9-13(17)5-6-13/h1-4,7-8,17H,5-6,9H2,(H,14,16). The largest absolute Gasteiger partial charge is 0.390 e. The van der Waals surface area contributed by atoms with Gasteiger partial charge in [0.1, 0.15) is 0 Å². The van der Waals surface area contributed by atoms with Crippen LogP contribution in [0.15, 0.2) is 41.5 Å². The maximum atomic E-state index is 11.6. The first kappa shape index (κ1) is 10.4. The minimum Gasteiger partial charge on any atom is -0.390 e. The van der Waals surface area contributed by atoms with Crippen molar-refractivity contribution in [3.63, 3.8) is 0 Å². The number of imidazole rings is 1. The molecule has 0 saturated heterocycles. The summed E-state index contributed by atoms with van der Waals surface area (Å²) in [4.78, 5) is 14.2. The van der Waals surface area contributed by atoms with Crippen LogP contribution in [0.3, 0.4) is 0 Å². The zero-order valence-corrected chi connectivity index (χ0v) is 9.39. The smallest absolute Gasteiger partial charge is 0.330 e. The van der Waals surface area contributed by atoms with E-state index in [1.54, 1.807) is 17.0 Å². The van der Waals surface area contributed by atoms with Crippen molar-refractivity contribution < 1.29 is 5.11 Å². The van der Waals surface area contributed by atoms with Crippen LogP contribution < -0.4 is 5.69 Å². The first-order chi connectivity index (χ1) is 8.18. The Hall–Kier alpha value is -1.81. The lowest BCUT2D eigenvalue weighted by Gasteiger charge is -2.12. The second-order valence-electron chi connectivity index (χ2n) is 4.67. The van der Waals surface area contributed by atoms with Gasteiger partial charge in [-0.1, -0.05) is 18.2 Å². The van der Waals surface area contributed by atoms with Crippen LogP contribution in [0.4, 0.5) is 0 Å². The molecule has 1 aliphatic rings. The first-order valence-corrected chi connectivity index (χ1v) is 5.75. The lowest BCUT2D eigenvalue weighted by Crippen LogP contribution is -2.18. The summed E-state index contributed by atoms with van der Waals surface area (Å²) in [5.41, 5.74) is 1.16. The van der Waals surface area contributed by atoms with Crippen molar-refractivity contribution in [2.75, 3.05) is 0 Å². The number of rotatable bonds is 3. The minimum atomic E-state index is -0.546. The van der Waals surface area contributed by atoms with Gasteiger partial charge in [-0.15, -0.1) is 0 Å². The maximum absolute atomic E-state index is 11.6. The van der Waals surface area contributed by atoms with Gasteiger partial charge in [-0.25, -0.2) is 4.79 Å². The van der Waals surface area contributed by atoms with Crippen molar-refractivity contribution in [1.82, 2.24) is 9.55 Å². The number of nitrogens with zero attached hydrogens (tertiary/aromatic N) is 1. The van der Waals surface area contributed by atoms with Crippen molar-refractivity contribution in [2.24, 2.45) is 0 Å². The molecule has 2 N–H and O–H groups in total. The van der Waals surface area contributed by atoms with Crippen LogP contribution in [0.1, 0.15) is 18.4 Å². The molecule has 0 spiro atoms. The summed E-state index contributed by atoms with van der Waals surface area (Å²) < 4.78 is 1.57. The van der Waals surface area contributed by atoms with Gasteiger partial charge in [0.25, 0.3) is 0 Å². The lowest BCUT2D eigenvalue weighted by atomic mass is 10.0. The van der Waals surface area contributed by atoms with E-state index in [0.29, 0.717) is 6.42 Å². The minimum absolute atomic E-state index is 0.153. The number of hydrogen-bond acceptors (Lipinski definition) is 2. The van der Waals surface area contributed by atoms with Gasteiger partial charge < -0.3 is 10.1 Å². The Morgan fingerprint density at radius 3 is 2.76 bits per heavy atom. The van der Waals surface area contributed by atoms with Crippen LogP contribution in [-0.2, 0) is 6.42 Å². The Morgan fingerprint density at radius 1 is 1.35 bits per heavy atom. The van der Waals surface area contributed by atoms with E-state index in [2.05, 4.69) is 4.98 Å². The van der Waals surface area contributed by atoms with Crippen LogP contribution in [0.25, 0.3) is 5.69 Å². The molecular weight excluding hydrogens is 216 g/mol. The zero-order valence-electron chi connectivity index (χ0n) is 9.39. The molecule has 0 unspecified atom stereocenters. The number of benzene rings is 1. The van der Waals surface area contributed by atoms with Gasteiger partial charge in [0.2, 0.25) is 0 Å². The summed E-state index contributed by atoms with van der Waals surface area (Å²) in [5, 5.41) is 9.98. The molecule has 1 saturated carbocycles. The van der Waals surface area contributed by atoms with E-state index in [-0.39, 0.29) is 5.69 Å². The molecule has 2 aromatic rings. The van der Waals surface area contributed by atoms with Crippen molar-refractivity contribution in [3.05, 3.63) is 52.7 Å². The summed E-state index contributed by atoms with van der Waals surface area (Å²) in [7, 11) is 0. The fourth-order valence-corrected chi connectivity index (χ4v) is 2.08. The maximum Gasteiger partial charge on any atom is 0.330 e. The highest BCUT2D eigenvalue weighted by molar-refractivity contribution is 5.42. The number of para-hydroxylation sites is 1. The molecule has 1 aliphatic carbocycles. The van der Waals surface area contributed by atoms with Crippen LogP contribution in [0.5, 0.6) is 0 Å². The Bertz CT molecular complexity index is 593.